The summed E-state index contributed by atoms with van der Waals surface area (Å²) >= 11 is 0. The van der Waals surface area contributed by atoms with E-state index in [1.54, 1.807) is 25.5 Å². The summed E-state index contributed by atoms with van der Waals surface area (Å²) in [6.45, 7) is 6.08. The number of aromatic nitrogens is 6. The zero-order chi connectivity index (χ0) is 18.1. The van der Waals surface area contributed by atoms with Crippen LogP contribution in [-0.4, -0.2) is 55.2 Å². The first kappa shape index (κ1) is 16.5. The summed E-state index contributed by atoms with van der Waals surface area (Å²) in [5.41, 5.74) is 0.635. The van der Waals surface area contributed by atoms with Crippen LogP contribution in [0.1, 0.15) is 6.92 Å². The molecule has 3 aromatic heterocycles. The average Bonchev–Trinajstić information content (AvgIpc) is 3.06. The quantitative estimate of drug-likeness (QED) is 0.704. The van der Waals surface area contributed by atoms with Gasteiger partial charge in [0.1, 0.15) is 0 Å². The second-order valence-corrected chi connectivity index (χ2v) is 5.96. The standard InChI is InChI=1S/C16H20N8O2/c1-3-24-11-12(20-15(24)23-9-7-17-8-10-23)21-16(22(2)13(11)25)26-14-18-5-4-6-19-14/h4-6,17H,3,7-10H2,1-2H3. The van der Waals surface area contributed by atoms with Crippen LogP contribution in [0.4, 0.5) is 5.95 Å². The van der Waals surface area contributed by atoms with Crippen molar-refractivity contribution in [2.75, 3.05) is 31.1 Å². The Hall–Kier alpha value is -3.01. The van der Waals surface area contributed by atoms with Crippen molar-refractivity contribution in [2.45, 2.75) is 13.5 Å². The van der Waals surface area contributed by atoms with Gasteiger partial charge >= 0.3 is 12.0 Å². The first-order chi connectivity index (χ1) is 12.7. The van der Waals surface area contributed by atoms with E-state index in [-0.39, 0.29) is 17.6 Å². The number of anilines is 1. The molecule has 1 N–H and O–H groups in total. The number of rotatable bonds is 4. The number of piperazine rings is 1. The first-order valence-electron chi connectivity index (χ1n) is 8.57. The molecule has 0 aromatic carbocycles. The lowest BCUT2D eigenvalue weighted by Gasteiger charge is -2.28. The lowest BCUT2D eigenvalue weighted by Crippen LogP contribution is -2.44. The Kier molecular flexibility index (Phi) is 4.25. The maximum atomic E-state index is 12.9. The maximum Gasteiger partial charge on any atom is 0.324 e. The van der Waals surface area contributed by atoms with E-state index in [9.17, 15) is 4.79 Å². The number of ether oxygens (including phenoxy) is 1. The van der Waals surface area contributed by atoms with E-state index in [0.717, 1.165) is 32.1 Å². The molecule has 1 aliphatic heterocycles. The molecule has 0 amide bonds. The molecule has 10 heteroatoms. The van der Waals surface area contributed by atoms with E-state index in [1.165, 1.54) is 4.57 Å². The molecule has 0 bridgehead atoms. The van der Waals surface area contributed by atoms with Crippen LogP contribution in [0.25, 0.3) is 11.2 Å². The van der Waals surface area contributed by atoms with E-state index < -0.39 is 0 Å². The molecular formula is C16H20N8O2. The van der Waals surface area contributed by atoms with Crippen LogP contribution in [0.5, 0.6) is 12.0 Å². The van der Waals surface area contributed by atoms with Crippen LogP contribution < -0.4 is 20.5 Å². The summed E-state index contributed by atoms with van der Waals surface area (Å²) in [5, 5.41) is 3.32. The van der Waals surface area contributed by atoms with Crippen molar-refractivity contribution in [3.63, 3.8) is 0 Å². The number of imidazole rings is 1. The number of nitrogens with zero attached hydrogens (tertiary/aromatic N) is 7. The summed E-state index contributed by atoms with van der Waals surface area (Å²) < 4.78 is 8.85. The second-order valence-electron chi connectivity index (χ2n) is 5.96. The molecule has 136 valence electrons. The van der Waals surface area contributed by atoms with Gasteiger partial charge in [0.25, 0.3) is 5.56 Å². The molecule has 1 fully saturated rings. The predicted octanol–water partition coefficient (Wildman–Crippen LogP) is 0.142. The van der Waals surface area contributed by atoms with Crippen LogP contribution in [-0.2, 0) is 13.6 Å². The topological polar surface area (TPSA) is 103 Å². The molecule has 0 saturated carbocycles. The van der Waals surface area contributed by atoms with Crippen molar-refractivity contribution in [1.29, 1.82) is 0 Å². The minimum atomic E-state index is -0.211. The van der Waals surface area contributed by atoms with Gasteiger partial charge in [-0.25, -0.2) is 9.97 Å². The van der Waals surface area contributed by atoms with Gasteiger partial charge in [-0.15, -0.1) is 0 Å². The summed E-state index contributed by atoms with van der Waals surface area (Å²) in [4.78, 5) is 32.2. The van der Waals surface area contributed by atoms with E-state index in [2.05, 4.69) is 30.2 Å². The van der Waals surface area contributed by atoms with Crippen LogP contribution >= 0.6 is 0 Å². The molecule has 26 heavy (non-hydrogen) atoms. The van der Waals surface area contributed by atoms with Crippen molar-refractivity contribution in [3.8, 4) is 12.0 Å². The Balaban J connectivity index is 1.82. The first-order valence-corrected chi connectivity index (χ1v) is 8.57. The monoisotopic (exact) mass is 356 g/mol. The molecule has 0 aliphatic carbocycles. The SMILES string of the molecule is CCn1c(N2CCNCC2)nc2nc(Oc3ncccn3)n(C)c(=O)c21. The van der Waals surface area contributed by atoms with Crippen molar-refractivity contribution >= 4 is 17.1 Å². The normalized spacial score (nSPS) is 14.8. The Morgan fingerprint density at radius 1 is 1.19 bits per heavy atom. The van der Waals surface area contributed by atoms with Crippen LogP contribution in [0, 0.1) is 0 Å². The summed E-state index contributed by atoms with van der Waals surface area (Å²) in [5.74, 6) is 0.765. The van der Waals surface area contributed by atoms with Gasteiger partial charge in [-0.05, 0) is 13.0 Å². The summed E-state index contributed by atoms with van der Waals surface area (Å²) in [7, 11) is 1.62. The van der Waals surface area contributed by atoms with Crippen molar-refractivity contribution < 1.29 is 4.74 Å². The number of aryl methyl sites for hydroxylation is 1. The third kappa shape index (κ3) is 2.77. The Morgan fingerprint density at radius 2 is 1.92 bits per heavy atom. The van der Waals surface area contributed by atoms with Crippen LogP contribution in [0.15, 0.2) is 23.3 Å². The highest BCUT2D eigenvalue weighted by Crippen LogP contribution is 2.22. The zero-order valence-electron chi connectivity index (χ0n) is 14.7. The van der Waals surface area contributed by atoms with Crippen molar-refractivity contribution in [3.05, 3.63) is 28.8 Å². The number of nitrogens with one attached hydrogen (secondary N) is 1. The molecule has 0 radical (unpaired) electrons. The fourth-order valence-electron chi connectivity index (χ4n) is 3.05. The van der Waals surface area contributed by atoms with E-state index >= 15 is 0 Å². The van der Waals surface area contributed by atoms with Gasteiger partial charge in [0, 0.05) is 52.2 Å². The van der Waals surface area contributed by atoms with E-state index in [0.29, 0.717) is 17.7 Å². The molecule has 1 saturated heterocycles. The smallest absolute Gasteiger partial charge is 0.324 e. The molecule has 0 unspecified atom stereocenters. The maximum absolute atomic E-state index is 12.9. The minimum absolute atomic E-state index is 0.112. The van der Waals surface area contributed by atoms with Gasteiger partial charge in [0.15, 0.2) is 11.2 Å². The van der Waals surface area contributed by atoms with Gasteiger partial charge < -0.3 is 19.5 Å². The van der Waals surface area contributed by atoms with Gasteiger partial charge in [0.05, 0.1) is 0 Å². The largest absolute Gasteiger partial charge is 0.390 e. The van der Waals surface area contributed by atoms with E-state index in [4.69, 9.17) is 4.74 Å². The third-order valence-corrected chi connectivity index (χ3v) is 4.37. The average molecular weight is 356 g/mol. The Bertz CT molecular complexity index is 975. The molecule has 10 nitrogen and oxygen atoms in total. The molecule has 3 aromatic rings. The van der Waals surface area contributed by atoms with Crippen molar-refractivity contribution in [1.82, 2.24) is 34.4 Å². The zero-order valence-corrected chi connectivity index (χ0v) is 14.7. The summed E-state index contributed by atoms with van der Waals surface area (Å²) in [6.07, 6.45) is 3.13. The second kappa shape index (κ2) is 6.71. The molecule has 0 atom stereocenters. The summed E-state index contributed by atoms with van der Waals surface area (Å²) in [6, 6.07) is 1.93. The van der Waals surface area contributed by atoms with Gasteiger partial charge in [-0.2, -0.15) is 9.97 Å². The predicted molar refractivity (Wildman–Crippen MR) is 95.6 cm³/mol. The number of fused-ring (bicyclic) bond motifs is 1. The number of hydrogen-bond donors (Lipinski definition) is 1. The minimum Gasteiger partial charge on any atom is -0.390 e. The Labute approximate surface area is 149 Å². The molecule has 4 heterocycles. The van der Waals surface area contributed by atoms with Gasteiger partial charge in [-0.1, -0.05) is 0 Å². The van der Waals surface area contributed by atoms with Crippen molar-refractivity contribution in [2.24, 2.45) is 7.05 Å². The van der Waals surface area contributed by atoms with Crippen LogP contribution in [0.3, 0.4) is 0 Å². The number of hydrogen-bond acceptors (Lipinski definition) is 8. The van der Waals surface area contributed by atoms with Gasteiger partial charge in [0.2, 0.25) is 5.95 Å². The molecule has 1 aliphatic rings. The molecular weight excluding hydrogens is 336 g/mol. The lowest BCUT2D eigenvalue weighted by molar-refractivity contribution is 0.385. The lowest BCUT2D eigenvalue weighted by atomic mass is 10.4. The molecule has 4 rings (SSSR count). The van der Waals surface area contributed by atoms with Gasteiger partial charge in [-0.3, -0.25) is 9.36 Å². The molecule has 0 spiro atoms. The fourth-order valence-corrected chi connectivity index (χ4v) is 3.05. The Morgan fingerprint density at radius 3 is 2.62 bits per heavy atom. The fraction of sp³-hybridized carbons (Fsp3) is 0.438. The highest BCUT2D eigenvalue weighted by molar-refractivity contribution is 5.74. The van der Waals surface area contributed by atoms with E-state index in [1.807, 2.05) is 11.5 Å². The van der Waals surface area contributed by atoms with Crippen LogP contribution in [0.2, 0.25) is 0 Å². The highest BCUT2D eigenvalue weighted by atomic mass is 16.5. The highest BCUT2D eigenvalue weighted by Gasteiger charge is 2.23. The third-order valence-electron chi connectivity index (χ3n) is 4.37.